The molecule has 118 valence electrons. The Kier molecular flexibility index (Phi) is 6.06. The van der Waals surface area contributed by atoms with E-state index in [4.69, 9.17) is 5.73 Å². The Morgan fingerprint density at radius 3 is 2.00 bits per heavy atom. The summed E-state index contributed by atoms with van der Waals surface area (Å²) < 4.78 is 0. The van der Waals surface area contributed by atoms with Gasteiger partial charge in [0.05, 0.1) is 11.4 Å². The van der Waals surface area contributed by atoms with Gasteiger partial charge in [0.1, 0.15) is 0 Å². The average Bonchev–Trinajstić information content (AvgIpc) is 2.35. The summed E-state index contributed by atoms with van der Waals surface area (Å²) in [5.74, 6) is 1.10. The third kappa shape index (κ3) is 4.96. The van der Waals surface area contributed by atoms with Gasteiger partial charge in [-0.25, -0.2) is 0 Å². The highest BCUT2D eigenvalue weighted by Crippen LogP contribution is 2.26. The molecule has 0 spiro atoms. The average molecular weight is 291 g/mol. The van der Waals surface area contributed by atoms with Crippen LogP contribution >= 0.6 is 0 Å². The highest BCUT2D eigenvalue weighted by Gasteiger charge is 2.15. The number of nitrogens with two attached hydrogens (primary N) is 1. The molecule has 0 saturated carbocycles. The smallest absolute Gasteiger partial charge is 0.253 e. The fourth-order valence-electron chi connectivity index (χ4n) is 2.39. The summed E-state index contributed by atoms with van der Waals surface area (Å²) in [5, 5.41) is 0. The topological polar surface area (TPSA) is 49.6 Å². The fraction of sp³-hybridized carbons (Fsp3) is 0.588. The Labute approximate surface area is 128 Å². The molecule has 0 unspecified atom stereocenters. The highest BCUT2D eigenvalue weighted by atomic mass is 16.2. The largest absolute Gasteiger partial charge is 0.397 e. The number of hydrogen-bond acceptors (Lipinski definition) is 3. The molecule has 0 atom stereocenters. The van der Waals surface area contributed by atoms with Gasteiger partial charge in [0, 0.05) is 32.7 Å². The predicted octanol–water partition coefficient (Wildman–Crippen LogP) is 3.09. The highest BCUT2D eigenvalue weighted by molar-refractivity contribution is 5.95. The van der Waals surface area contributed by atoms with E-state index in [0.29, 0.717) is 23.1 Å². The summed E-state index contributed by atoms with van der Waals surface area (Å²) in [4.78, 5) is 15.9. The molecule has 4 heteroatoms. The van der Waals surface area contributed by atoms with Crippen molar-refractivity contribution in [3.63, 3.8) is 0 Å². The number of amides is 1. The lowest BCUT2D eigenvalue weighted by Gasteiger charge is -2.30. The van der Waals surface area contributed by atoms with E-state index >= 15 is 0 Å². The molecule has 0 radical (unpaired) electrons. The van der Waals surface area contributed by atoms with E-state index in [0.717, 1.165) is 18.8 Å². The second-order valence-corrected chi connectivity index (χ2v) is 6.67. The molecule has 0 aliphatic carbocycles. The second kappa shape index (κ2) is 7.34. The molecule has 1 aromatic rings. The SMILES string of the molecule is CC(C)CN(CC(C)C)c1ccc(C(=O)N(C)C)cc1N. The molecule has 0 aliphatic heterocycles. The molecule has 2 N–H and O–H groups in total. The molecule has 0 aliphatic rings. The van der Waals surface area contributed by atoms with Crippen molar-refractivity contribution in [2.45, 2.75) is 27.7 Å². The third-order valence-corrected chi connectivity index (χ3v) is 3.19. The molecule has 0 saturated heterocycles. The molecule has 21 heavy (non-hydrogen) atoms. The summed E-state index contributed by atoms with van der Waals surface area (Å²) >= 11 is 0. The van der Waals surface area contributed by atoms with Crippen LogP contribution in [-0.2, 0) is 0 Å². The van der Waals surface area contributed by atoms with Crippen LogP contribution < -0.4 is 10.6 Å². The van der Waals surface area contributed by atoms with E-state index in [9.17, 15) is 4.79 Å². The van der Waals surface area contributed by atoms with Crippen LogP contribution in [0.4, 0.5) is 11.4 Å². The number of nitrogen functional groups attached to an aromatic ring is 1. The predicted molar refractivity (Wildman–Crippen MR) is 90.8 cm³/mol. The molecule has 1 amide bonds. The number of rotatable bonds is 6. The van der Waals surface area contributed by atoms with Gasteiger partial charge in [-0.3, -0.25) is 4.79 Å². The van der Waals surface area contributed by atoms with Crippen LogP contribution in [-0.4, -0.2) is 38.0 Å². The summed E-state index contributed by atoms with van der Waals surface area (Å²) in [5.41, 5.74) is 8.53. The van der Waals surface area contributed by atoms with Crippen molar-refractivity contribution in [2.24, 2.45) is 11.8 Å². The molecule has 0 bridgehead atoms. The maximum Gasteiger partial charge on any atom is 0.253 e. The van der Waals surface area contributed by atoms with E-state index in [2.05, 4.69) is 32.6 Å². The third-order valence-electron chi connectivity index (χ3n) is 3.19. The van der Waals surface area contributed by atoms with Gasteiger partial charge in [-0.2, -0.15) is 0 Å². The molecule has 1 rings (SSSR count). The molecule has 0 fully saturated rings. The van der Waals surface area contributed by atoms with Crippen molar-refractivity contribution in [3.8, 4) is 0 Å². The molecular formula is C17H29N3O. The first-order chi connectivity index (χ1) is 9.72. The Morgan fingerprint density at radius 1 is 1.10 bits per heavy atom. The minimum absolute atomic E-state index is 0.0208. The molecule has 1 aromatic carbocycles. The lowest BCUT2D eigenvalue weighted by atomic mass is 10.1. The van der Waals surface area contributed by atoms with Crippen molar-refractivity contribution >= 4 is 17.3 Å². The van der Waals surface area contributed by atoms with E-state index in [1.807, 2.05) is 12.1 Å². The zero-order valence-corrected chi connectivity index (χ0v) is 14.2. The van der Waals surface area contributed by atoms with E-state index in [1.165, 1.54) is 0 Å². The van der Waals surface area contributed by atoms with E-state index in [-0.39, 0.29) is 5.91 Å². The minimum Gasteiger partial charge on any atom is -0.397 e. The van der Waals surface area contributed by atoms with Gasteiger partial charge < -0.3 is 15.5 Å². The van der Waals surface area contributed by atoms with Crippen LogP contribution in [0.15, 0.2) is 18.2 Å². The Hall–Kier alpha value is -1.71. The number of anilines is 2. The van der Waals surface area contributed by atoms with E-state index < -0.39 is 0 Å². The Morgan fingerprint density at radius 2 is 1.62 bits per heavy atom. The fourth-order valence-corrected chi connectivity index (χ4v) is 2.39. The monoisotopic (exact) mass is 291 g/mol. The summed E-state index contributed by atoms with van der Waals surface area (Å²) in [6.45, 7) is 10.7. The number of carbonyl (C=O) groups is 1. The maximum absolute atomic E-state index is 12.0. The summed E-state index contributed by atoms with van der Waals surface area (Å²) in [7, 11) is 3.49. The van der Waals surface area contributed by atoms with Gasteiger partial charge >= 0.3 is 0 Å². The van der Waals surface area contributed by atoms with Gasteiger partial charge in [0.2, 0.25) is 0 Å². The maximum atomic E-state index is 12.0. The molecule has 4 nitrogen and oxygen atoms in total. The van der Waals surface area contributed by atoms with Crippen molar-refractivity contribution in [3.05, 3.63) is 23.8 Å². The van der Waals surface area contributed by atoms with Crippen LogP contribution in [0.3, 0.4) is 0 Å². The first kappa shape index (κ1) is 17.3. The van der Waals surface area contributed by atoms with Crippen molar-refractivity contribution in [1.29, 1.82) is 0 Å². The summed E-state index contributed by atoms with van der Waals surface area (Å²) in [6.07, 6.45) is 0. The van der Waals surface area contributed by atoms with Gasteiger partial charge in [-0.15, -0.1) is 0 Å². The van der Waals surface area contributed by atoms with Crippen molar-refractivity contribution in [1.82, 2.24) is 4.90 Å². The first-order valence-electron chi connectivity index (χ1n) is 7.58. The van der Waals surface area contributed by atoms with Gasteiger partial charge in [-0.05, 0) is 30.0 Å². The first-order valence-corrected chi connectivity index (χ1v) is 7.58. The van der Waals surface area contributed by atoms with Crippen LogP contribution in [0, 0.1) is 11.8 Å². The summed E-state index contributed by atoms with van der Waals surface area (Å²) in [6, 6.07) is 5.61. The molecular weight excluding hydrogens is 262 g/mol. The number of nitrogens with zero attached hydrogens (tertiary/aromatic N) is 2. The van der Waals surface area contributed by atoms with Gasteiger partial charge in [0.15, 0.2) is 0 Å². The van der Waals surface area contributed by atoms with Crippen molar-refractivity contribution in [2.75, 3.05) is 37.8 Å². The Bertz CT molecular complexity index is 471. The number of carbonyl (C=O) groups excluding carboxylic acids is 1. The number of hydrogen-bond donors (Lipinski definition) is 1. The lowest BCUT2D eigenvalue weighted by molar-refractivity contribution is 0.0827. The zero-order chi connectivity index (χ0) is 16.2. The Balaban J connectivity index is 3.07. The molecule has 0 heterocycles. The number of benzene rings is 1. The van der Waals surface area contributed by atoms with E-state index in [1.54, 1.807) is 25.1 Å². The molecule has 0 aromatic heterocycles. The van der Waals surface area contributed by atoms with Crippen LogP contribution in [0.1, 0.15) is 38.1 Å². The second-order valence-electron chi connectivity index (χ2n) is 6.67. The van der Waals surface area contributed by atoms with Gasteiger partial charge in [0.25, 0.3) is 5.91 Å². The minimum atomic E-state index is -0.0208. The van der Waals surface area contributed by atoms with Crippen LogP contribution in [0.5, 0.6) is 0 Å². The quantitative estimate of drug-likeness (QED) is 0.819. The zero-order valence-electron chi connectivity index (χ0n) is 14.2. The van der Waals surface area contributed by atoms with Gasteiger partial charge in [-0.1, -0.05) is 27.7 Å². The van der Waals surface area contributed by atoms with Crippen LogP contribution in [0.25, 0.3) is 0 Å². The lowest BCUT2D eigenvalue weighted by Crippen LogP contribution is -2.32. The van der Waals surface area contributed by atoms with Crippen molar-refractivity contribution < 1.29 is 4.79 Å². The standard InChI is InChI=1S/C17H29N3O/c1-12(2)10-20(11-13(3)4)16-8-7-14(9-15(16)18)17(21)19(5)6/h7-9,12-13H,10-11,18H2,1-6H3. The van der Waals surface area contributed by atoms with Crippen LogP contribution in [0.2, 0.25) is 0 Å². The normalized spacial score (nSPS) is 11.0.